The van der Waals surface area contributed by atoms with Gasteiger partial charge in [-0.1, -0.05) is 13.3 Å². The first-order valence-corrected chi connectivity index (χ1v) is 7.29. The van der Waals surface area contributed by atoms with Crippen LogP contribution in [0.1, 0.15) is 38.3 Å². The molecule has 0 saturated carbocycles. The highest BCUT2D eigenvalue weighted by atomic mass is 16.5. The van der Waals surface area contributed by atoms with Gasteiger partial charge in [0, 0.05) is 12.1 Å². The molecule has 1 amide bonds. The van der Waals surface area contributed by atoms with Crippen LogP contribution in [0.25, 0.3) is 0 Å². The molecule has 0 fully saturated rings. The van der Waals surface area contributed by atoms with E-state index in [0.717, 1.165) is 29.9 Å². The molecule has 2 atom stereocenters. The molecule has 0 aliphatic rings. The Hall–Kier alpha value is -1.75. The number of carbonyl (C=O) groups is 1. The summed E-state index contributed by atoms with van der Waals surface area (Å²) in [6.07, 6.45) is 1.73. The lowest BCUT2D eigenvalue weighted by Crippen LogP contribution is -2.36. The molecule has 0 spiro atoms. The molecule has 0 radical (unpaired) electrons. The van der Waals surface area contributed by atoms with Crippen molar-refractivity contribution in [2.75, 3.05) is 20.8 Å². The van der Waals surface area contributed by atoms with Crippen molar-refractivity contribution in [3.8, 4) is 11.5 Å². The maximum absolute atomic E-state index is 12.2. The van der Waals surface area contributed by atoms with Crippen molar-refractivity contribution in [2.45, 2.75) is 32.7 Å². The highest BCUT2D eigenvalue weighted by Crippen LogP contribution is 2.29. The van der Waals surface area contributed by atoms with Crippen molar-refractivity contribution >= 4 is 5.91 Å². The third-order valence-electron chi connectivity index (χ3n) is 3.55. The molecule has 0 heterocycles. The van der Waals surface area contributed by atoms with Crippen molar-refractivity contribution in [3.63, 3.8) is 0 Å². The van der Waals surface area contributed by atoms with Crippen LogP contribution in [-0.4, -0.2) is 26.7 Å². The number of carbonyl (C=O) groups excluding carboxylic acids is 1. The van der Waals surface area contributed by atoms with E-state index in [0.29, 0.717) is 6.54 Å². The maximum atomic E-state index is 12.2. The van der Waals surface area contributed by atoms with Crippen molar-refractivity contribution in [1.29, 1.82) is 0 Å². The Morgan fingerprint density at radius 1 is 1.33 bits per heavy atom. The molecular formula is C16H26N2O3. The van der Waals surface area contributed by atoms with Crippen LogP contribution >= 0.6 is 0 Å². The Balaban J connectivity index is 2.87. The van der Waals surface area contributed by atoms with Gasteiger partial charge in [-0.15, -0.1) is 0 Å². The summed E-state index contributed by atoms with van der Waals surface area (Å²) >= 11 is 0. The van der Waals surface area contributed by atoms with Gasteiger partial charge in [0.2, 0.25) is 5.91 Å². The summed E-state index contributed by atoms with van der Waals surface area (Å²) in [6.45, 7) is 4.33. The second kappa shape index (κ2) is 8.52. The van der Waals surface area contributed by atoms with E-state index in [1.165, 1.54) is 0 Å². The summed E-state index contributed by atoms with van der Waals surface area (Å²) in [7, 11) is 3.22. The van der Waals surface area contributed by atoms with Gasteiger partial charge in [0.05, 0.1) is 26.2 Å². The third-order valence-corrected chi connectivity index (χ3v) is 3.55. The van der Waals surface area contributed by atoms with E-state index in [1.54, 1.807) is 14.2 Å². The molecular weight excluding hydrogens is 268 g/mol. The van der Waals surface area contributed by atoms with E-state index in [4.69, 9.17) is 15.2 Å². The molecule has 3 N–H and O–H groups in total. The Morgan fingerprint density at radius 2 is 2.05 bits per heavy atom. The number of ether oxygens (including phenoxy) is 2. The Morgan fingerprint density at radius 3 is 2.57 bits per heavy atom. The zero-order chi connectivity index (χ0) is 15.8. The van der Waals surface area contributed by atoms with Gasteiger partial charge in [0.1, 0.15) is 11.5 Å². The second-order valence-electron chi connectivity index (χ2n) is 5.06. The fourth-order valence-corrected chi connectivity index (χ4v) is 2.29. The average molecular weight is 294 g/mol. The molecule has 1 aromatic rings. The average Bonchev–Trinajstić information content (AvgIpc) is 2.51. The molecule has 21 heavy (non-hydrogen) atoms. The summed E-state index contributed by atoms with van der Waals surface area (Å²) in [5, 5.41) is 3.00. The van der Waals surface area contributed by atoms with Crippen LogP contribution in [0.5, 0.6) is 11.5 Å². The van der Waals surface area contributed by atoms with Crippen molar-refractivity contribution in [3.05, 3.63) is 23.8 Å². The third kappa shape index (κ3) is 4.63. The normalized spacial score (nSPS) is 13.4. The Kier molecular flexibility index (Phi) is 7.02. The van der Waals surface area contributed by atoms with E-state index in [1.807, 2.05) is 32.0 Å². The fraction of sp³-hybridized carbons (Fsp3) is 0.562. The number of methoxy groups -OCH3 is 2. The van der Waals surface area contributed by atoms with Gasteiger partial charge in [0.15, 0.2) is 0 Å². The number of rotatable bonds is 8. The summed E-state index contributed by atoms with van der Waals surface area (Å²) in [5.41, 5.74) is 6.56. The number of nitrogens with two attached hydrogens (primary N) is 1. The predicted molar refractivity (Wildman–Crippen MR) is 83.6 cm³/mol. The van der Waals surface area contributed by atoms with Crippen LogP contribution in [-0.2, 0) is 4.79 Å². The van der Waals surface area contributed by atoms with Crippen LogP contribution in [0.2, 0.25) is 0 Å². The highest BCUT2D eigenvalue weighted by molar-refractivity contribution is 5.79. The smallest absolute Gasteiger partial charge is 0.224 e. The van der Waals surface area contributed by atoms with Crippen molar-refractivity contribution < 1.29 is 14.3 Å². The van der Waals surface area contributed by atoms with E-state index >= 15 is 0 Å². The number of nitrogens with one attached hydrogen (secondary N) is 1. The molecule has 0 saturated heterocycles. The van der Waals surface area contributed by atoms with Crippen molar-refractivity contribution in [1.82, 2.24) is 5.32 Å². The lowest BCUT2D eigenvalue weighted by atomic mass is 10.0. The first-order chi connectivity index (χ1) is 10.1. The first-order valence-electron chi connectivity index (χ1n) is 7.29. The van der Waals surface area contributed by atoms with Gasteiger partial charge in [0.25, 0.3) is 0 Å². The summed E-state index contributed by atoms with van der Waals surface area (Å²) in [5.74, 6) is 1.30. The van der Waals surface area contributed by atoms with E-state index in [-0.39, 0.29) is 17.9 Å². The van der Waals surface area contributed by atoms with Gasteiger partial charge in [-0.05, 0) is 31.5 Å². The van der Waals surface area contributed by atoms with Crippen LogP contribution in [0.15, 0.2) is 18.2 Å². The number of benzene rings is 1. The Bertz CT molecular complexity index is 463. The topological polar surface area (TPSA) is 73.6 Å². The quantitative estimate of drug-likeness (QED) is 0.771. The fourth-order valence-electron chi connectivity index (χ4n) is 2.29. The summed E-state index contributed by atoms with van der Waals surface area (Å²) in [6, 6.07) is 5.37. The second-order valence-corrected chi connectivity index (χ2v) is 5.06. The zero-order valence-electron chi connectivity index (χ0n) is 13.3. The van der Waals surface area contributed by atoms with Gasteiger partial charge in [-0.2, -0.15) is 0 Å². The molecule has 118 valence electrons. The number of hydrogen-bond acceptors (Lipinski definition) is 4. The molecule has 2 unspecified atom stereocenters. The molecule has 0 bridgehead atoms. The molecule has 0 aromatic heterocycles. The van der Waals surface area contributed by atoms with Crippen molar-refractivity contribution in [2.24, 2.45) is 11.7 Å². The molecule has 0 aliphatic carbocycles. The van der Waals surface area contributed by atoms with Gasteiger partial charge in [-0.3, -0.25) is 4.79 Å². The minimum absolute atomic E-state index is 0.0169. The monoisotopic (exact) mass is 294 g/mol. The van der Waals surface area contributed by atoms with E-state index in [2.05, 4.69) is 5.32 Å². The van der Waals surface area contributed by atoms with Gasteiger partial charge in [-0.25, -0.2) is 0 Å². The SMILES string of the molecule is CCCC(CN)C(=O)NC(C)c1cc(OC)ccc1OC. The molecule has 5 heteroatoms. The Labute approximate surface area is 126 Å². The molecule has 1 rings (SSSR count). The highest BCUT2D eigenvalue weighted by Gasteiger charge is 2.20. The lowest BCUT2D eigenvalue weighted by Gasteiger charge is -2.21. The zero-order valence-corrected chi connectivity index (χ0v) is 13.3. The van der Waals surface area contributed by atoms with Crippen LogP contribution in [0, 0.1) is 5.92 Å². The van der Waals surface area contributed by atoms with Crippen LogP contribution < -0.4 is 20.5 Å². The van der Waals surface area contributed by atoms with E-state index < -0.39 is 0 Å². The maximum Gasteiger partial charge on any atom is 0.224 e. The number of amides is 1. The molecule has 5 nitrogen and oxygen atoms in total. The van der Waals surface area contributed by atoms with Crippen LogP contribution in [0.4, 0.5) is 0 Å². The van der Waals surface area contributed by atoms with Gasteiger partial charge < -0.3 is 20.5 Å². The molecule has 0 aliphatic heterocycles. The minimum Gasteiger partial charge on any atom is -0.497 e. The minimum atomic E-state index is -0.173. The lowest BCUT2D eigenvalue weighted by molar-refractivity contribution is -0.125. The van der Waals surface area contributed by atoms with Gasteiger partial charge >= 0.3 is 0 Å². The predicted octanol–water partition coefficient (Wildman–Crippen LogP) is 2.26. The first kappa shape index (κ1) is 17.3. The number of hydrogen-bond donors (Lipinski definition) is 2. The summed E-state index contributed by atoms with van der Waals surface area (Å²) in [4.78, 5) is 12.2. The van der Waals surface area contributed by atoms with E-state index in [9.17, 15) is 4.79 Å². The largest absolute Gasteiger partial charge is 0.497 e. The van der Waals surface area contributed by atoms with Crippen LogP contribution in [0.3, 0.4) is 0 Å². The molecule has 1 aromatic carbocycles. The standard InChI is InChI=1S/C16H26N2O3/c1-5-6-12(10-17)16(19)18-11(2)14-9-13(20-3)7-8-15(14)21-4/h7-9,11-12H,5-6,10,17H2,1-4H3,(H,18,19). The summed E-state index contributed by atoms with van der Waals surface area (Å²) < 4.78 is 10.6.